The van der Waals surface area contributed by atoms with Crippen LogP contribution in [-0.4, -0.2) is 23.9 Å². The van der Waals surface area contributed by atoms with Crippen LogP contribution in [0, 0.1) is 0 Å². The molecule has 0 aliphatic rings. The minimum absolute atomic E-state index is 0.208. The van der Waals surface area contributed by atoms with E-state index in [1.807, 2.05) is 12.1 Å². The number of amides is 1. The molecule has 0 atom stereocenters. The number of nitrogens with one attached hydrogen (secondary N) is 1. The smallest absolute Gasteiger partial charge is 0.277 e. The Kier molecular flexibility index (Phi) is 5.71. The SMILES string of the molecule is O=C(COc1ccccc1-c1cnoc1)N/N=C\c1coc2ccc(Br)cc2c1=O. The highest BCUT2D eigenvalue weighted by atomic mass is 79.9. The lowest BCUT2D eigenvalue weighted by atomic mass is 10.1. The average Bonchev–Trinajstić information content (AvgIpc) is 3.29. The number of aromatic nitrogens is 1. The molecule has 0 radical (unpaired) electrons. The van der Waals surface area contributed by atoms with Gasteiger partial charge in [-0.15, -0.1) is 0 Å². The minimum Gasteiger partial charge on any atom is -0.483 e. The van der Waals surface area contributed by atoms with Crippen LogP contribution in [0.15, 0.2) is 84.5 Å². The monoisotopic (exact) mass is 467 g/mol. The van der Waals surface area contributed by atoms with Crippen molar-refractivity contribution in [3.8, 4) is 16.9 Å². The van der Waals surface area contributed by atoms with E-state index >= 15 is 0 Å². The molecule has 1 N–H and O–H groups in total. The molecular formula is C21H14BrN3O5. The molecule has 9 heteroatoms. The number of hydrazone groups is 1. The lowest BCUT2D eigenvalue weighted by Crippen LogP contribution is -2.25. The van der Waals surface area contributed by atoms with Gasteiger partial charge in [0.05, 0.1) is 23.4 Å². The molecule has 0 spiro atoms. The predicted octanol–water partition coefficient (Wildman–Crippen LogP) is 3.74. The van der Waals surface area contributed by atoms with Gasteiger partial charge in [0.2, 0.25) is 5.43 Å². The van der Waals surface area contributed by atoms with Gasteiger partial charge in [-0.1, -0.05) is 39.3 Å². The number of nitrogens with zero attached hydrogens (tertiary/aromatic N) is 2. The largest absolute Gasteiger partial charge is 0.483 e. The Labute approximate surface area is 178 Å². The zero-order valence-electron chi connectivity index (χ0n) is 15.4. The maximum absolute atomic E-state index is 12.5. The van der Waals surface area contributed by atoms with Gasteiger partial charge in [-0.3, -0.25) is 9.59 Å². The fourth-order valence-corrected chi connectivity index (χ4v) is 3.09. The summed E-state index contributed by atoms with van der Waals surface area (Å²) in [5, 5.41) is 7.90. The molecule has 30 heavy (non-hydrogen) atoms. The van der Waals surface area contributed by atoms with Crippen LogP contribution in [-0.2, 0) is 4.79 Å². The summed E-state index contributed by atoms with van der Waals surface area (Å²) in [6.07, 6.45) is 5.57. The highest BCUT2D eigenvalue weighted by Gasteiger charge is 2.10. The quantitative estimate of drug-likeness (QED) is 0.341. The van der Waals surface area contributed by atoms with E-state index in [-0.39, 0.29) is 17.6 Å². The van der Waals surface area contributed by atoms with Crippen LogP contribution < -0.4 is 15.6 Å². The van der Waals surface area contributed by atoms with Crippen molar-refractivity contribution in [3.63, 3.8) is 0 Å². The second-order valence-electron chi connectivity index (χ2n) is 6.15. The van der Waals surface area contributed by atoms with Gasteiger partial charge in [-0.05, 0) is 24.3 Å². The molecule has 4 aromatic rings. The van der Waals surface area contributed by atoms with E-state index in [1.54, 1.807) is 36.5 Å². The third-order valence-electron chi connectivity index (χ3n) is 4.14. The molecular weight excluding hydrogens is 454 g/mol. The highest BCUT2D eigenvalue weighted by Crippen LogP contribution is 2.29. The average molecular weight is 468 g/mol. The number of carbonyl (C=O) groups is 1. The molecule has 2 aromatic heterocycles. The van der Waals surface area contributed by atoms with E-state index in [4.69, 9.17) is 13.7 Å². The minimum atomic E-state index is -0.487. The first kappa shape index (κ1) is 19.6. The molecule has 0 bridgehead atoms. The summed E-state index contributed by atoms with van der Waals surface area (Å²) in [4.78, 5) is 24.6. The Balaban J connectivity index is 1.40. The number of ether oxygens (including phenoxy) is 1. The number of carbonyl (C=O) groups excluding carboxylic acids is 1. The lowest BCUT2D eigenvalue weighted by Gasteiger charge is -2.09. The number of para-hydroxylation sites is 1. The predicted molar refractivity (Wildman–Crippen MR) is 113 cm³/mol. The Morgan fingerprint density at radius 1 is 1.23 bits per heavy atom. The number of halogens is 1. The second kappa shape index (κ2) is 8.75. The van der Waals surface area contributed by atoms with E-state index in [1.165, 1.54) is 18.7 Å². The van der Waals surface area contributed by atoms with Crippen LogP contribution in [0.2, 0.25) is 0 Å². The van der Waals surface area contributed by atoms with Gasteiger partial charge < -0.3 is 13.7 Å². The van der Waals surface area contributed by atoms with Gasteiger partial charge in [-0.2, -0.15) is 5.10 Å². The van der Waals surface area contributed by atoms with Gasteiger partial charge in [0.1, 0.15) is 23.9 Å². The van der Waals surface area contributed by atoms with Crippen LogP contribution in [0.25, 0.3) is 22.1 Å². The van der Waals surface area contributed by atoms with E-state index < -0.39 is 5.91 Å². The molecule has 0 saturated carbocycles. The Morgan fingerprint density at radius 2 is 2.10 bits per heavy atom. The Morgan fingerprint density at radius 3 is 2.93 bits per heavy atom. The normalized spacial score (nSPS) is 11.1. The number of benzene rings is 2. The standard InChI is InChI=1S/C21H14BrN3O5/c22-15-5-6-19-17(7-15)21(27)14(10-28-19)8-23-25-20(26)12-29-18-4-2-1-3-16(18)13-9-24-30-11-13/h1-11H,12H2,(H,25,26)/b23-8-. The van der Waals surface area contributed by atoms with E-state index in [0.29, 0.717) is 16.7 Å². The van der Waals surface area contributed by atoms with Crippen molar-refractivity contribution in [2.45, 2.75) is 0 Å². The first-order valence-corrected chi connectivity index (χ1v) is 9.55. The van der Waals surface area contributed by atoms with Crippen molar-refractivity contribution in [2.24, 2.45) is 5.10 Å². The molecule has 150 valence electrons. The second-order valence-corrected chi connectivity index (χ2v) is 7.07. The summed E-state index contributed by atoms with van der Waals surface area (Å²) < 4.78 is 16.6. The van der Waals surface area contributed by atoms with Crippen molar-refractivity contribution in [1.29, 1.82) is 0 Å². The van der Waals surface area contributed by atoms with E-state index in [2.05, 4.69) is 31.6 Å². The van der Waals surface area contributed by atoms with Gasteiger partial charge in [0.25, 0.3) is 5.91 Å². The van der Waals surface area contributed by atoms with E-state index in [0.717, 1.165) is 15.6 Å². The third-order valence-corrected chi connectivity index (χ3v) is 4.64. The van der Waals surface area contributed by atoms with Crippen LogP contribution in [0.4, 0.5) is 0 Å². The van der Waals surface area contributed by atoms with E-state index in [9.17, 15) is 9.59 Å². The fraction of sp³-hybridized carbons (Fsp3) is 0.0476. The molecule has 0 fully saturated rings. The maximum Gasteiger partial charge on any atom is 0.277 e. The number of hydrogen-bond acceptors (Lipinski definition) is 7. The zero-order chi connectivity index (χ0) is 20.9. The molecule has 0 aliphatic heterocycles. The van der Waals surface area contributed by atoms with Crippen molar-refractivity contribution in [3.05, 3.63) is 81.4 Å². The Bertz CT molecular complexity index is 1280. The molecule has 2 heterocycles. The zero-order valence-corrected chi connectivity index (χ0v) is 17.0. The summed E-state index contributed by atoms with van der Waals surface area (Å²) in [6, 6.07) is 12.3. The van der Waals surface area contributed by atoms with Gasteiger partial charge in [-0.25, -0.2) is 5.43 Å². The molecule has 0 aliphatic carbocycles. The molecule has 8 nitrogen and oxygen atoms in total. The van der Waals surface area contributed by atoms with Crippen molar-refractivity contribution in [2.75, 3.05) is 6.61 Å². The first-order valence-electron chi connectivity index (χ1n) is 8.76. The topological polar surface area (TPSA) is 107 Å². The summed E-state index contributed by atoms with van der Waals surface area (Å²) in [6.45, 7) is -0.265. The van der Waals surface area contributed by atoms with Gasteiger partial charge in [0.15, 0.2) is 6.61 Å². The molecule has 1 amide bonds. The molecule has 2 aromatic carbocycles. The maximum atomic E-state index is 12.5. The highest BCUT2D eigenvalue weighted by molar-refractivity contribution is 9.10. The molecule has 0 saturated heterocycles. The van der Waals surface area contributed by atoms with Crippen molar-refractivity contribution in [1.82, 2.24) is 10.6 Å². The van der Waals surface area contributed by atoms with Crippen LogP contribution in [0.1, 0.15) is 5.56 Å². The number of fused-ring (bicyclic) bond motifs is 1. The fourth-order valence-electron chi connectivity index (χ4n) is 2.73. The lowest BCUT2D eigenvalue weighted by molar-refractivity contribution is -0.123. The van der Waals surface area contributed by atoms with Gasteiger partial charge in [0, 0.05) is 15.6 Å². The summed E-state index contributed by atoms with van der Waals surface area (Å²) >= 11 is 3.32. The first-order chi connectivity index (χ1) is 14.6. The van der Waals surface area contributed by atoms with Crippen LogP contribution in [0.3, 0.4) is 0 Å². The summed E-state index contributed by atoms with van der Waals surface area (Å²) in [7, 11) is 0. The van der Waals surface area contributed by atoms with Crippen molar-refractivity contribution >= 4 is 39.0 Å². The molecule has 4 rings (SSSR count). The number of rotatable bonds is 6. The Hall–Kier alpha value is -3.72. The summed E-state index contributed by atoms with van der Waals surface area (Å²) in [5.41, 5.74) is 4.22. The third kappa shape index (κ3) is 4.31. The van der Waals surface area contributed by atoms with Crippen LogP contribution in [0.5, 0.6) is 5.75 Å². The summed E-state index contributed by atoms with van der Waals surface area (Å²) in [5.74, 6) is 0.0138. The number of hydrogen-bond donors (Lipinski definition) is 1. The van der Waals surface area contributed by atoms with Gasteiger partial charge >= 0.3 is 0 Å². The van der Waals surface area contributed by atoms with Crippen molar-refractivity contribution < 1.29 is 18.5 Å². The molecule has 0 unspecified atom stereocenters. The van der Waals surface area contributed by atoms with Crippen LogP contribution >= 0.6 is 15.9 Å².